The predicted molar refractivity (Wildman–Crippen MR) is 74.7 cm³/mol. The smallest absolute Gasteiger partial charge is 0.133 e. The number of halogens is 1. The van der Waals surface area contributed by atoms with Crippen LogP contribution in [0.1, 0.15) is 25.5 Å². The lowest BCUT2D eigenvalue weighted by Crippen LogP contribution is -1.97. The van der Waals surface area contributed by atoms with Gasteiger partial charge < -0.3 is 14.6 Å². The van der Waals surface area contributed by atoms with Gasteiger partial charge in [-0.05, 0) is 56.3 Å². The average molecular weight is 276 g/mol. The van der Waals surface area contributed by atoms with E-state index in [1.54, 1.807) is 31.2 Å². The zero-order valence-corrected chi connectivity index (χ0v) is 11.5. The Morgan fingerprint density at radius 2 is 1.75 bits per heavy atom. The molecule has 1 atom stereocenters. The molecule has 106 valence electrons. The van der Waals surface area contributed by atoms with Crippen LogP contribution in [0.5, 0.6) is 17.2 Å². The highest BCUT2D eigenvalue weighted by atomic mass is 19.1. The molecule has 0 aliphatic carbocycles. The molecule has 0 unspecified atom stereocenters. The SMILES string of the molecule is CCOc1ccc(Oc2ccc(F)cc2[C@H](C)O)cc1. The van der Waals surface area contributed by atoms with E-state index >= 15 is 0 Å². The first-order chi connectivity index (χ1) is 9.60. The average Bonchev–Trinajstić information content (AvgIpc) is 2.43. The molecule has 2 aromatic carbocycles. The largest absolute Gasteiger partial charge is 0.494 e. The quantitative estimate of drug-likeness (QED) is 0.894. The molecular formula is C16H17FO3. The van der Waals surface area contributed by atoms with Crippen LogP contribution in [0, 0.1) is 5.82 Å². The Balaban J connectivity index is 2.21. The molecular weight excluding hydrogens is 259 g/mol. The van der Waals surface area contributed by atoms with E-state index in [2.05, 4.69) is 0 Å². The number of aliphatic hydroxyl groups excluding tert-OH is 1. The van der Waals surface area contributed by atoms with Crippen LogP contribution in [0.15, 0.2) is 42.5 Å². The van der Waals surface area contributed by atoms with Crippen molar-refractivity contribution in [2.45, 2.75) is 20.0 Å². The second kappa shape index (κ2) is 6.39. The van der Waals surface area contributed by atoms with Gasteiger partial charge in [-0.2, -0.15) is 0 Å². The lowest BCUT2D eigenvalue weighted by molar-refractivity contribution is 0.195. The van der Waals surface area contributed by atoms with Crippen LogP contribution in [-0.2, 0) is 0 Å². The van der Waals surface area contributed by atoms with Crippen molar-refractivity contribution in [1.82, 2.24) is 0 Å². The number of rotatable bonds is 5. The monoisotopic (exact) mass is 276 g/mol. The molecule has 0 spiro atoms. The molecule has 0 aromatic heterocycles. The van der Waals surface area contributed by atoms with E-state index in [0.717, 1.165) is 5.75 Å². The van der Waals surface area contributed by atoms with Gasteiger partial charge in [0.2, 0.25) is 0 Å². The van der Waals surface area contributed by atoms with Gasteiger partial charge in [-0.3, -0.25) is 0 Å². The third-order valence-corrected chi connectivity index (χ3v) is 2.78. The Bertz CT molecular complexity index is 564. The second-order valence-corrected chi connectivity index (χ2v) is 4.36. The highest BCUT2D eigenvalue weighted by molar-refractivity contribution is 5.40. The van der Waals surface area contributed by atoms with Crippen molar-refractivity contribution in [3.8, 4) is 17.2 Å². The van der Waals surface area contributed by atoms with Crippen molar-refractivity contribution in [3.63, 3.8) is 0 Å². The predicted octanol–water partition coefficient (Wildman–Crippen LogP) is 4.07. The summed E-state index contributed by atoms with van der Waals surface area (Å²) in [7, 11) is 0. The molecule has 2 aromatic rings. The summed E-state index contributed by atoms with van der Waals surface area (Å²) in [6, 6.07) is 11.2. The minimum absolute atomic E-state index is 0.403. The normalized spacial score (nSPS) is 12.0. The van der Waals surface area contributed by atoms with Gasteiger partial charge >= 0.3 is 0 Å². The maximum absolute atomic E-state index is 13.2. The number of aliphatic hydroxyl groups is 1. The third-order valence-electron chi connectivity index (χ3n) is 2.78. The first-order valence-electron chi connectivity index (χ1n) is 6.48. The fourth-order valence-corrected chi connectivity index (χ4v) is 1.84. The first-order valence-corrected chi connectivity index (χ1v) is 6.48. The van der Waals surface area contributed by atoms with E-state index in [1.165, 1.54) is 18.2 Å². The van der Waals surface area contributed by atoms with E-state index in [1.807, 2.05) is 6.92 Å². The minimum atomic E-state index is -0.802. The zero-order chi connectivity index (χ0) is 14.5. The highest BCUT2D eigenvalue weighted by Crippen LogP contribution is 2.31. The van der Waals surface area contributed by atoms with Gasteiger partial charge in [-0.1, -0.05) is 0 Å². The summed E-state index contributed by atoms with van der Waals surface area (Å²) in [6.07, 6.45) is -0.802. The van der Waals surface area contributed by atoms with E-state index in [0.29, 0.717) is 23.7 Å². The molecule has 3 nitrogen and oxygen atoms in total. The molecule has 0 saturated carbocycles. The number of hydrogen-bond acceptors (Lipinski definition) is 3. The fourth-order valence-electron chi connectivity index (χ4n) is 1.84. The summed E-state index contributed by atoms with van der Waals surface area (Å²) < 4.78 is 24.2. The Morgan fingerprint density at radius 3 is 2.35 bits per heavy atom. The number of hydrogen-bond donors (Lipinski definition) is 1. The summed E-state index contributed by atoms with van der Waals surface area (Å²) in [5.41, 5.74) is 0.416. The Kier molecular flexibility index (Phi) is 4.58. The summed E-state index contributed by atoms with van der Waals surface area (Å²) in [5.74, 6) is 1.39. The van der Waals surface area contributed by atoms with Gasteiger partial charge in [-0.15, -0.1) is 0 Å². The van der Waals surface area contributed by atoms with Crippen molar-refractivity contribution >= 4 is 0 Å². The molecule has 1 N–H and O–H groups in total. The molecule has 0 fully saturated rings. The zero-order valence-electron chi connectivity index (χ0n) is 11.5. The van der Waals surface area contributed by atoms with E-state index in [4.69, 9.17) is 9.47 Å². The van der Waals surface area contributed by atoms with Gasteiger partial charge in [0.05, 0.1) is 12.7 Å². The van der Waals surface area contributed by atoms with Gasteiger partial charge in [-0.25, -0.2) is 4.39 Å². The maximum atomic E-state index is 13.2. The van der Waals surface area contributed by atoms with E-state index in [9.17, 15) is 9.50 Å². The van der Waals surface area contributed by atoms with Crippen LogP contribution in [0.4, 0.5) is 4.39 Å². The van der Waals surface area contributed by atoms with Crippen molar-refractivity contribution in [2.24, 2.45) is 0 Å². The van der Waals surface area contributed by atoms with Gasteiger partial charge in [0.15, 0.2) is 0 Å². The molecule has 0 saturated heterocycles. The lowest BCUT2D eigenvalue weighted by atomic mass is 10.1. The molecule has 0 amide bonds. The van der Waals surface area contributed by atoms with Crippen molar-refractivity contribution < 1.29 is 19.0 Å². The molecule has 0 bridgehead atoms. The fraction of sp³-hybridized carbons (Fsp3) is 0.250. The van der Waals surface area contributed by atoms with Gasteiger partial charge in [0.25, 0.3) is 0 Å². The van der Waals surface area contributed by atoms with Gasteiger partial charge in [0.1, 0.15) is 23.1 Å². The molecule has 2 rings (SSSR count). The standard InChI is InChI=1S/C16H17FO3/c1-3-19-13-5-7-14(8-6-13)20-16-9-4-12(17)10-15(16)11(2)18/h4-11,18H,3H2,1-2H3/t11-/m0/s1. The maximum Gasteiger partial charge on any atom is 0.133 e. The van der Waals surface area contributed by atoms with Crippen LogP contribution in [-0.4, -0.2) is 11.7 Å². The Morgan fingerprint density at radius 1 is 1.10 bits per heavy atom. The molecule has 0 radical (unpaired) electrons. The van der Waals surface area contributed by atoms with Gasteiger partial charge in [0, 0.05) is 5.56 Å². The summed E-state index contributed by atoms with van der Waals surface area (Å²) in [5, 5.41) is 9.65. The van der Waals surface area contributed by atoms with Crippen LogP contribution < -0.4 is 9.47 Å². The third kappa shape index (κ3) is 3.48. The van der Waals surface area contributed by atoms with Crippen LogP contribution in [0.3, 0.4) is 0 Å². The Labute approximate surface area is 117 Å². The minimum Gasteiger partial charge on any atom is -0.494 e. The van der Waals surface area contributed by atoms with Crippen LogP contribution >= 0.6 is 0 Å². The molecule has 0 heterocycles. The molecule has 20 heavy (non-hydrogen) atoms. The first kappa shape index (κ1) is 14.3. The van der Waals surface area contributed by atoms with Crippen LogP contribution in [0.2, 0.25) is 0 Å². The molecule has 0 aliphatic rings. The number of ether oxygens (including phenoxy) is 2. The lowest BCUT2D eigenvalue weighted by Gasteiger charge is -2.13. The molecule has 0 aliphatic heterocycles. The van der Waals surface area contributed by atoms with Crippen LogP contribution in [0.25, 0.3) is 0 Å². The topological polar surface area (TPSA) is 38.7 Å². The summed E-state index contributed by atoms with van der Waals surface area (Å²) >= 11 is 0. The highest BCUT2D eigenvalue weighted by Gasteiger charge is 2.11. The van der Waals surface area contributed by atoms with E-state index < -0.39 is 11.9 Å². The summed E-state index contributed by atoms with van der Waals surface area (Å²) in [4.78, 5) is 0. The van der Waals surface area contributed by atoms with Crippen molar-refractivity contribution in [2.75, 3.05) is 6.61 Å². The number of benzene rings is 2. The Hall–Kier alpha value is -2.07. The molecule has 4 heteroatoms. The summed E-state index contributed by atoms with van der Waals surface area (Å²) in [6.45, 7) is 4.09. The van der Waals surface area contributed by atoms with Crippen molar-refractivity contribution in [3.05, 3.63) is 53.8 Å². The second-order valence-electron chi connectivity index (χ2n) is 4.36. The van der Waals surface area contributed by atoms with E-state index in [-0.39, 0.29) is 0 Å². The van der Waals surface area contributed by atoms with Crippen molar-refractivity contribution in [1.29, 1.82) is 0 Å².